The fourth-order valence-corrected chi connectivity index (χ4v) is 2.99. The molecular weight excluding hydrogens is 288 g/mol. The van der Waals surface area contributed by atoms with Crippen molar-refractivity contribution < 1.29 is 18.6 Å². The van der Waals surface area contributed by atoms with Crippen LogP contribution < -0.4 is 0 Å². The molecule has 0 aromatic heterocycles. The normalized spacial score (nSPS) is 11.0. The molecule has 2 N–H and O–H groups in total. The van der Waals surface area contributed by atoms with E-state index in [4.69, 9.17) is 0 Å². The molecule has 4 nitrogen and oxygen atoms in total. The second kappa shape index (κ2) is 5.46. The molecule has 0 spiro atoms. The number of benzene rings is 2. The fraction of sp³-hybridized carbons (Fsp3) is 0. The van der Waals surface area contributed by atoms with E-state index in [1.54, 1.807) is 0 Å². The van der Waals surface area contributed by atoms with Gasteiger partial charge in [0.25, 0.3) is 0 Å². The molecular formula is C16H14O4S. The molecule has 2 aromatic carbocycles. The van der Waals surface area contributed by atoms with Crippen LogP contribution in [-0.2, 0) is 9.84 Å². The van der Waals surface area contributed by atoms with Crippen molar-refractivity contribution in [2.24, 2.45) is 0 Å². The molecule has 0 amide bonds. The van der Waals surface area contributed by atoms with Gasteiger partial charge in [0, 0.05) is 0 Å². The van der Waals surface area contributed by atoms with Crippen LogP contribution in [0.2, 0.25) is 0 Å². The van der Waals surface area contributed by atoms with Gasteiger partial charge in [0.2, 0.25) is 9.84 Å². The first-order valence-electron chi connectivity index (χ1n) is 6.04. The van der Waals surface area contributed by atoms with Gasteiger partial charge >= 0.3 is 0 Å². The molecule has 0 radical (unpaired) electrons. The Morgan fingerprint density at radius 1 is 0.810 bits per heavy atom. The number of hydrogen-bond acceptors (Lipinski definition) is 4. The van der Waals surface area contributed by atoms with Crippen molar-refractivity contribution in [1.82, 2.24) is 0 Å². The van der Waals surface area contributed by atoms with Crippen LogP contribution in [0, 0.1) is 0 Å². The maximum Gasteiger partial charge on any atom is 0.206 e. The van der Waals surface area contributed by atoms with E-state index >= 15 is 0 Å². The molecule has 5 heteroatoms. The highest BCUT2D eigenvalue weighted by molar-refractivity contribution is 8.09. The van der Waals surface area contributed by atoms with Gasteiger partial charge < -0.3 is 10.2 Å². The maximum absolute atomic E-state index is 12.5. The minimum atomic E-state index is -3.89. The standard InChI is InChI=1S/C16H14O4S/c1-11(13-5-3-7-15(17)9-13)21(19,20)12(2)14-6-4-8-16(18)10-14/h3-10,17-18H,1-2H2. The van der Waals surface area contributed by atoms with E-state index in [0.29, 0.717) is 0 Å². The van der Waals surface area contributed by atoms with Crippen molar-refractivity contribution in [2.75, 3.05) is 0 Å². The molecule has 0 aliphatic rings. The van der Waals surface area contributed by atoms with E-state index < -0.39 is 9.84 Å². The molecule has 0 aliphatic heterocycles. The third kappa shape index (κ3) is 2.98. The van der Waals surface area contributed by atoms with Crippen molar-refractivity contribution >= 4 is 19.6 Å². The van der Waals surface area contributed by atoms with Crippen molar-refractivity contribution in [3.63, 3.8) is 0 Å². The van der Waals surface area contributed by atoms with Gasteiger partial charge in [0.15, 0.2) is 0 Å². The molecule has 0 atom stereocenters. The summed E-state index contributed by atoms with van der Waals surface area (Å²) in [4.78, 5) is -0.321. The fourth-order valence-electron chi connectivity index (χ4n) is 1.82. The summed E-state index contributed by atoms with van der Waals surface area (Å²) < 4.78 is 25.0. The predicted octanol–water partition coefficient (Wildman–Crippen LogP) is 3.15. The molecule has 0 bridgehead atoms. The lowest BCUT2D eigenvalue weighted by atomic mass is 10.2. The van der Waals surface area contributed by atoms with E-state index in [1.807, 2.05) is 0 Å². The van der Waals surface area contributed by atoms with Crippen LogP contribution in [0.15, 0.2) is 61.7 Å². The molecule has 2 aromatic rings. The quantitative estimate of drug-likeness (QED) is 0.909. The molecule has 21 heavy (non-hydrogen) atoms. The monoisotopic (exact) mass is 302 g/mol. The summed E-state index contributed by atoms with van der Waals surface area (Å²) in [5, 5.41) is 18.9. The van der Waals surface area contributed by atoms with Crippen molar-refractivity contribution in [2.45, 2.75) is 0 Å². The SMILES string of the molecule is C=C(c1cccc(O)c1)S(=O)(=O)C(=C)c1cccc(O)c1. The van der Waals surface area contributed by atoms with Gasteiger partial charge in [0.1, 0.15) is 11.5 Å². The van der Waals surface area contributed by atoms with E-state index in [1.165, 1.54) is 48.5 Å². The Morgan fingerprint density at radius 2 is 1.19 bits per heavy atom. The molecule has 0 unspecified atom stereocenters. The number of phenolic OH excluding ortho intramolecular Hbond substituents is 2. The van der Waals surface area contributed by atoms with Gasteiger partial charge in [0.05, 0.1) is 9.81 Å². The zero-order valence-corrected chi connectivity index (χ0v) is 12.0. The Kier molecular flexibility index (Phi) is 3.86. The first-order chi connectivity index (χ1) is 9.82. The predicted molar refractivity (Wildman–Crippen MR) is 83.2 cm³/mol. The van der Waals surface area contributed by atoms with Crippen molar-refractivity contribution in [3.8, 4) is 11.5 Å². The zero-order valence-electron chi connectivity index (χ0n) is 11.2. The number of rotatable bonds is 4. The van der Waals surface area contributed by atoms with Crippen LogP contribution in [0.4, 0.5) is 0 Å². The highest BCUT2D eigenvalue weighted by Crippen LogP contribution is 2.32. The average molecular weight is 302 g/mol. The minimum absolute atomic E-state index is 0.0492. The topological polar surface area (TPSA) is 74.6 Å². The lowest BCUT2D eigenvalue weighted by Crippen LogP contribution is -2.04. The molecule has 2 rings (SSSR count). The number of phenols is 2. The Balaban J connectivity index is 2.42. The number of aromatic hydroxyl groups is 2. The van der Waals surface area contributed by atoms with Gasteiger partial charge in [-0.2, -0.15) is 0 Å². The van der Waals surface area contributed by atoms with Crippen LogP contribution in [0.3, 0.4) is 0 Å². The Labute approximate surface area is 123 Å². The summed E-state index contributed by atoms with van der Waals surface area (Å²) in [6.07, 6.45) is 0. The van der Waals surface area contributed by atoms with E-state index in [0.717, 1.165) is 0 Å². The molecule has 0 heterocycles. The van der Waals surface area contributed by atoms with Crippen LogP contribution in [-0.4, -0.2) is 18.6 Å². The summed E-state index contributed by atoms with van der Waals surface area (Å²) in [6.45, 7) is 7.17. The first-order valence-corrected chi connectivity index (χ1v) is 7.52. The zero-order chi connectivity index (χ0) is 15.6. The van der Waals surface area contributed by atoms with Gasteiger partial charge in [-0.15, -0.1) is 0 Å². The smallest absolute Gasteiger partial charge is 0.206 e. The second-order valence-corrected chi connectivity index (χ2v) is 6.44. The molecule has 0 saturated heterocycles. The van der Waals surface area contributed by atoms with Crippen molar-refractivity contribution in [1.29, 1.82) is 0 Å². The molecule has 108 valence electrons. The van der Waals surface area contributed by atoms with E-state index in [9.17, 15) is 18.6 Å². The third-order valence-corrected chi connectivity index (χ3v) is 4.75. The van der Waals surface area contributed by atoms with Crippen LogP contribution >= 0.6 is 0 Å². The van der Waals surface area contributed by atoms with Crippen molar-refractivity contribution in [3.05, 3.63) is 72.8 Å². The molecule has 0 fully saturated rings. The Hall–Kier alpha value is -2.53. The second-order valence-electron chi connectivity index (χ2n) is 4.45. The first kappa shape index (κ1) is 14.9. The van der Waals surface area contributed by atoms with E-state index in [-0.39, 0.29) is 32.4 Å². The number of sulfone groups is 1. The lowest BCUT2D eigenvalue weighted by Gasteiger charge is -2.11. The van der Waals surface area contributed by atoms with Gasteiger partial charge in [-0.1, -0.05) is 37.4 Å². The van der Waals surface area contributed by atoms with Crippen LogP contribution in [0.25, 0.3) is 9.81 Å². The van der Waals surface area contributed by atoms with Crippen LogP contribution in [0.1, 0.15) is 11.1 Å². The molecule has 0 saturated carbocycles. The molecule has 0 aliphatic carbocycles. The van der Waals surface area contributed by atoms with Gasteiger partial charge in [-0.05, 0) is 35.4 Å². The van der Waals surface area contributed by atoms with E-state index in [2.05, 4.69) is 13.2 Å². The van der Waals surface area contributed by atoms with Gasteiger partial charge in [-0.3, -0.25) is 0 Å². The largest absolute Gasteiger partial charge is 0.508 e. The summed E-state index contributed by atoms with van der Waals surface area (Å²) in [6, 6.07) is 11.6. The number of hydrogen-bond donors (Lipinski definition) is 2. The Bertz CT molecular complexity index is 756. The van der Waals surface area contributed by atoms with Crippen LogP contribution in [0.5, 0.6) is 11.5 Å². The Morgan fingerprint density at radius 3 is 1.52 bits per heavy atom. The average Bonchev–Trinajstić information content (AvgIpc) is 2.45. The summed E-state index contributed by atoms with van der Waals surface area (Å²) >= 11 is 0. The summed E-state index contributed by atoms with van der Waals surface area (Å²) in [5.74, 6) is -0.0985. The van der Waals surface area contributed by atoms with Gasteiger partial charge in [-0.25, -0.2) is 8.42 Å². The summed E-state index contributed by atoms with van der Waals surface area (Å²) in [7, 11) is -3.89. The minimum Gasteiger partial charge on any atom is -0.508 e. The highest BCUT2D eigenvalue weighted by atomic mass is 32.2. The summed E-state index contributed by atoms with van der Waals surface area (Å²) in [5.41, 5.74) is 0.576. The third-order valence-electron chi connectivity index (χ3n) is 2.99. The lowest BCUT2D eigenvalue weighted by molar-refractivity contribution is 0.474. The highest BCUT2D eigenvalue weighted by Gasteiger charge is 2.23. The maximum atomic E-state index is 12.5.